The summed E-state index contributed by atoms with van der Waals surface area (Å²) < 4.78 is 20.9. The largest absolute Gasteiger partial charge is 0.496 e. The summed E-state index contributed by atoms with van der Waals surface area (Å²) >= 11 is 0. The Morgan fingerprint density at radius 3 is 2.48 bits per heavy atom. The molecule has 9 heteroatoms. The van der Waals surface area contributed by atoms with Gasteiger partial charge in [0.05, 0.1) is 19.7 Å². The number of H-pyrrole nitrogens is 1. The fraction of sp³-hybridized carbons (Fsp3) is 0.290. The van der Waals surface area contributed by atoms with Crippen molar-refractivity contribution in [3.63, 3.8) is 0 Å². The van der Waals surface area contributed by atoms with E-state index in [2.05, 4.69) is 45.3 Å². The number of ether oxygens (including phenoxy) is 1. The van der Waals surface area contributed by atoms with E-state index in [0.29, 0.717) is 37.4 Å². The molecule has 1 unspecified atom stereocenters. The number of para-hydroxylation sites is 1. The van der Waals surface area contributed by atoms with E-state index in [0.717, 1.165) is 34.2 Å². The second kappa shape index (κ2) is 12.2. The van der Waals surface area contributed by atoms with Gasteiger partial charge in [-0.05, 0) is 76.2 Å². The fourth-order valence-electron chi connectivity index (χ4n) is 5.12. The molecule has 0 aliphatic rings. The van der Waals surface area contributed by atoms with Gasteiger partial charge in [-0.3, -0.25) is 9.69 Å². The Kier molecular flexibility index (Phi) is 8.31. The molecule has 2 aromatic heterocycles. The van der Waals surface area contributed by atoms with Crippen LogP contribution in [-0.2, 0) is 26.1 Å². The molecule has 0 aliphatic carbocycles. The van der Waals surface area contributed by atoms with Crippen LogP contribution in [0, 0.1) is 5.82 Å². The van der Waals surface area contributed by atoms with Crippen LogP contribution in [-0.4, -0.2) is 37.2 Å². The van der Waals surface area contributed by atoms with Gasteiger partial charge in [0.15, 0.2) is 5.82 Å². The van der Waals surface area contributed by atoms with Crippen LogP contribution >= 0.6 is 0 Å². The van der Waals surface area contributed by atoms with Gasteiger partial charge in [0.1, 0.15) is 11.6 Å². The summed E-state index contributed by atoms with van der Waals surface area (Å²) in [5.41, 5.74) is 4.44. The summed E-state index contributed by atoms with van der Waals surface area (Å²) in [6.45, 7) is 5.48. The Morgan fingerprint density at radius 1 is 0.975 bits per heavy atom. The molecular formula is C31H33FN6O2. The van der Waals surface area contributed by atoms with Crippen LogP contribution in [0.4, 0.5) is 4.39 Å². The number of benzene rings is 3. The number of fused-ring (bicyclic) bond motifs is 1. The number of hydrogen-bond acceptors (Lipinski definition) is 6. The molecule has 1 N–H and O–H groups in total. The number of halogens is 1. The zero-order valence-corrected chi connectivity index (χ0v) is 23.0. The average Bonchev–Trinajstić information content (AvgIpc) is 3.42. The molecule has 206 valence electrons. The summed E-state index contributed by atoms with van der Waals surface area (Å²) in [6, 6.07) is 22.1. The lowest BCUT2D eigenvalue weighted by Crippen LogP contribution is -2.32. The van der Waals surface area contributed by atoms with Crippen molar-refractivity contribution >= 4 is 10.9 Å². The van der Waals surface area contributed by atoms with E-state index in [1.165, 1.54) is 17.7 Å². The molecule has 0 aliphatic heterocycles. The molecular weight excluding hydrogens is 507 g/mol. The molecule has 0 radical (unpaired) electrons. The number of nitrogens with one attached hydrogen (secondary N) is 1. The molecule has 0 saturated heterocycles. The molecule has 1 atom stereocenters. The normalized spacial score (nSPS) is 12.2. The minimum absolute atomic E-state index is 0.123. The molecule has 5 rings (SSSR count). The minimum Gasteiger partial charge on any atom is -0.496 e. The lowest BCUT2D eigenvalue weighted by molar-refractivity contribution is 0.159. The molecule has 5 aromatic rings. The van der Waals surface area contributed by atoms with Crippen LogP contribution in [0.15, 0.2) is 77.6 Å². The maximum Gasteiger partial charge on any atom is 0.252 e. The summed E-state index contributed by atoms with van der Waals surface area (Å²) in [4.78, 5) is 18.5. The lowest BCUT2D eigenvalue weighted by atomic mass is 10.1. The lowest BCUT2D eigenvalue weighted by Gasteiger charge is -2.30. The van der Waals surface area contributed by atoms with Crippen LogP contribution in [0.5, 0.6) is 5.75 Å². The van der Waals surface area contributed by atoms with Crippen LogP contribution in [0.25, 0.3) is 10.9 Å². The smallest absolute Gasteiger partial charge is 0.252 e. The molecule has 0 saturated carbocycles. The zero-order chi connectivity index (χ0) is 28.1. The third kappa shape index (κ3) is 5.94. The summed E-state index contributed by atoms with van der Waals surface area (Å²) in [5.74, 6) is 1.15. The van der Waals surface area contributed by atoms with Crippen LogP contribution in [0.1, 0.15) is 54.4 Å². The van der Waals surface area contributed by atoms with E-state index in [1.54, 1.807) is 23.9 Å². The average molecular weight is 541 g/mol. The van der Waals surface area contributed by atoms with Crippen molar-refractivity contribution in [3.05, 3.63) is 117 Å². The predicted octanol–water partition coefficient (Wildman–Crippen LogP) is 5.43. The third-order valence-corrected chi connectivity index (χ3v) is 7.26. The van der Waals surface area contributed by atoms with Gasteiger partial charge in [-0.1, -0.05) is 50.2 Å². The molecule has 0 amide bonds. The quantitative estimate of drug-likeness (QED) is 0.240. The first-order valence-electron chi connectivity index (χ1n) is 13.5. The van der Waals surface area contributed by atoms with E-state index in [1.807, 2.05) is 42.5 Å². The van der Waals surface area contributed by atoms with Gasteiger partial charge in [0, 0.05) is 29.7 Å². The predicted molar refractivity (Wildman–Crippen MR) is 153 cm³/mol. The highest BCUT2D eigenvalue weighted by atomic mass is 19.1. The van der Waals surface area contributed by atoms with Crippen molar-refractivity contribution in [1.29, 1.82) is 0 Å². The third-order valence-electron chi connectivity index (χ3n) is 7.26. The van der Waals surface area contributed by atoms with Crippen LogP contribution in [0.2, 0.25) is 0 Å². The standard InChI is InChI=1S/C31H33FN6O2/c1-4-21-12-15-27-24(16-21)17-25(31(39)33-27)20-37(19-23-8-6-7-9-29(23)40-3)28(5-2)30-34-35-36-38(30)18-22-10-13-26(32)14-11-22/h6-17,28H,4-5,18-20H2,1-3H3,(H,33,39). The van der Waals surface area contributed by atoms with Gasteiger partial charge in [0.2, 0.25) is 0 Å². The molecule has 2 heterocycles. The highest BCUT2D eigenvalue weighted by molar-refractivity contribution is 5.79. The Hall–Kier alpha value is -4.37. The summed E-state index contributed by atoms with van der Waals surface area (Å²) in [6.07, 6.45) is 1.61. The number of rotatable bonds is 11. The number of methoxy groups -OCH3 is 1. The Balaban J connectivity index is 1.54. The summed E-state index contributed by atoms with van der Waals surface area (Å²) in [7, 11) is 1.66. The van der Waals surface area contributed by atoms with E-state index in [-0.39, 0.29) is 17.4 Å². The van der Waals surface area contributed by atoms with Gasteiger partial charge >= 0.3 is 0 Å². The maximum atomic E-state index is 13.5. The van der Waals surface area contributed by atoms with E-state index in [4.69, 9.17) is 4.74 Å². The van der Waals surface area contributed by atoms with Crippen LogP contribution < -0.4 is 10.3 Å². The summed E-state index contributed by atoms with van der Waals surface area (Å²) in [5, 5.41) is 13.6. The number of nitrogens with zero attached hydrogens (tertiary/aromatic N) is 5. The Morgan fingerprint density at radius 2 is 1.73 bits per heavy atom. The van der Waals surface area contributed by atoms with E-state index in [9.17, 15) is 9.18 Å². The van der Waals surface area contributed by atoms with E-state index < -0.39 is 0 Å². The monoisotopic (exact) mass is 540 g/mol. The van der Waals surface area contributed by atoms with Crippen molar-refractivity contribution in [2.24, 2.45) is 0 Å². The Labute approximate surface area is 232 Å². The van der Waals surface area contributed by atoms with Crippen molar-refractivity contribution in [2.75, 3.05) is 7.11 Å². The second-order valence-corrected chi connectivity index (χ2v) is 9.86. The van der Waals surface area contributed by atoms with Gasteiger partial charge in [-0.15, -0.1) is 5.10 Å². The first-order chi connectivity index (χ1) is 19.5. The molecule has 0 fully saturated rings. The van der Waals surface area contributed by atoms with Gasteiger partial charge in [-0.2, -0.15) is 0 Å². The van der Waals surface area contributed by atoms with Gasteiger partial charge < -0.3 is 9.72 Å². The van der Waals surface area contributed by atoms with Crippen molar-refractivity contribution in [2.45, 2.75) is 52.4 Å². The number of aromatic amines is 1. The molecule has 40 heavy (non-hydrogen) atoms. The fourth-order valence-corrected chi connectivity index (χ4v) is 5.12. The number of aromatic nitrogens is 5. The molecule has 8 nitrogen and oxygen atoms in total. The van der Waals surface area contributed by atoms with Crippen molar-refractivity contribution < 1.29 is 9.13 Å². The molecule has 3 aromatic carbocycles. The topological polar surface area (TPSA) is 88.9 Å². The van der Waals surface area contributed by atoms with Crippen molar-refractivity contribution in [3.8, 4) is 5.75 Å². The molecule has 0 bridgehead atoms. The van der Waals surface area contributed by atoms with Gasteiger partial charge in [0.25, 0.3) is 5.56 Å². The SMILES string of the molecule is CCc1ccc2[nH]c(=O)c(CN(Cc3ccccc3OC)C(CC)c3nnnn3Cc3ccc(F)cc3)cc2c1. The Bertz CT molecular complexity index is 1650. The van der Waals surface area contributed by atoms with Crippen molar-refractivity contribution in [1.82, 2.24) is 30.1 Å². The number of hydrogen-bond donors (Lipinski definition) is 1. The zero-order valence-electron chi connectivity index (χ0n) is 23.0. The van der Waals surface area contributed by atoms with Crippen LogP contribution in [0.3, 0.4) is 0 Å². The molecule has 0 spiro atoms. The minimum atomic E-state index is -0.290. The first kappa shape index (κ1) is 27.2. The maximum absolute atomic E-state index is 13.5. The number of pyridine rings is 1. The second-order valence-electron chi connectivity index (χ2n) is 9.86. The first-order valence-corrected chi connectivity index (χ1v) is 13.5. The number of aryl methyl sites for hydroxylation is 1. The highest BCUT2D eigenvalue weighted by Crippen LogP contribution is 2.29. The highest BCUT2D eigenvalue weighted by Gasteiger charge is 2.27. The van der Waals surface area contributed by atoms with E-state index >= 15 is 0 Å². The van der Waals surface area contributed by atoms with Gasteiger partial charge in [-0.25, -0.2) is 9.07 Å². The number of tetrazole rings is 1.